The quantitative estimate of drug-likeness (QED) is 0.842. The highest BCUT2D eigenvalue weighted by Gasteiger charge is 2.39. The van der Waals surface area contributed by atoms with E-state index in [2.05, 4.69) is 19.9 Å². The molecule has 1 saturated heterocycles. The maximum atomic E-state index is 12.1. The van der Waals surface area contributed by atoms with Crippen LogP contribution in [0.4, 0.5) is 11.9 Å². The molecule has 114 valence electrons. The van der Waals surface area contributed by atoms with Crippen LogP contribution in [0.1, 0.15) is 37.9 Å². The fraction of sp³-hybridized carbons (Fsp3) is 0.733. The SMILES string of the molecule is Cc1nc(N(C)C)nc(N2CCC[C@@H]2[C@H]2CCCC2=O)n1. The van der Waals surface area contributed by atoms with Gasteiger partial charge in [-0.3, -0.25) is 4.79 Å². The van der Waals surface area contributed by atoms with Crippen LogP contribution in [0.3, 0.4) is 0 Å². The lowest BCUT2D eigenvalue weighted by Gasteiger charge is -2.29. The zero-order valence-corrected chi connectivity index (χ0v) is 13.0. The predicted octanol–water partition coefficient (Wildman–Crippen LogP) is 1.58. The number of aryl methyl sites for hydroxylation is 1. The van der Waals surface area contributed by atoms with Crippen LogP contribution in [0.2, 0.25) is 0 Å². The first kappa shape index (κ1) is 14.2. The molecule has 6 nitrogen and oxygen atoms in total. The third kappa shape index (κ3) is 2.71. The van der Waals surface area contributed by atoms with Crippen molar-refractivity contribution in [1.29, 1.82) is 0 Å². The molecule has 0 N–H and O–H groups in total. The van der Waals surface area contributed by atoms with Crippen molar-refractivity contribution >= 4 is 17.7 Å². The predicted molar refractivity (Wildman–Crippen MR) is 81.6 cm³/mol. The molecule has 3 rings (SSSR count). The van der Waals surface area contributed by atoms with Gasteiger partial charge in [-0.1, -0.05) is 0 Å². The molecule has 2 fully saturated rings. The average Bonchev–Trinajstić information content (AvgIpc) is 3.05. The number of aromatic nitrogens is 3. The average molecular weight is 289 g/mol. The number of Topliss-reactive ketones (excluding diaryl/α,β-unsaturated/α-hetero) is 1. The van der Waals surface area contributed by atoms with Crippen LogP contribution in [0, 0.1) is 12.8 Å². The maximum absolute atomic E-state index is 12.1. The van der Waals surface area contributed by atoms with Gasteiger partial charge in [0.2, 0.25) is 11.9 Å². The van der Waals surface area contributed by atoms with Crippen molar-refractivity contribution in [3.05, 3.63) is 5.82 Å². The first-order valence-corrected chi connectivity index (χ1v) is 7.75. The van der Waals surface area contributed by atoms with Crippen molar-refractivity contribution in [3.8, 4) is 0 Å². The summed E-state index contributed by atoms with van der Waals surface area (Å²) in [5.74, 6) is 2.74. The minimum atomic E-state index is 0.173. The minimum absolute atomic E-state index is 0.173. The summed E-state index contributed by atoms with van der Waals surface area (Å²) in [4.78, 5) is 29.7. The second-order valence-corrected chi connectivity index (χ2v) is 6.25. The molecule has 21 heavy (non-hydrogen) atoms. The molecule has 1 aromatic rings. The molecule has 1 aliphatic heterocycles. The molecule has 0 radical (unpaired) electrons. The van der Waals surface area contributed by atoms with Gasteiger partial charge in [0, 0.05) is 39.0 Å². The Labute approximate surface area is 125 Å². The lowest BCUT2D eigenvalue weighted by Crippen LogP contribution is -2.39. The van der Waals surface area contributed by atoms with Crippen molar-refractivity contribution in [3.63, 3.8) is 0 Å². The minimum Gasteiger partial charge on any atom is -0.347 e. The van der Waals surface area contributed by atoms with Crippen molar-refractivity contribution in [2.24, 2.45) is 5.92 Å². The molecule has 0 amide bonds. The van der Waals surface area contributed by atoms with Crippen LogP contribution in [-0.4, -0.2) is 47.4 Å². The van der Waals surface area contributed by atoms with Crippen LogP contribution < -0.4 is 9.80 Å². The Kier molecular flexibility index (Phi) is 3.78. The number of hydrogen-bond donors (Lipinski definition) is 0. The Morgan fingerprint density at radius 2 is 1.95 bits per heavy atom. The number of ketones is 1. The molecular formula is C15H23N5O. The van der Waals surface area contributed by atoms with Gasteiger partial charge in [-0.2, -0.15) is 15.0 Å². The Morgan fingerprint density at radius 3 is 2.62 bits per heavy atom. The summed E-state index contributed by atoms with van der Waals surface area (Å²) in [6.45, 7) is 2.83. The topological polar surface area (TPSA) is 62.2 Å². The molecule has 1 saturated carbocycles. The number of nitrogens with zero attached hydrogens (tertiary/aromatic N) is 5. The standard InChI is InChI=1S/C15H23N5O/c1-10-16-14(19(2)3)18-15(17-10)20-9-5-7-12(20)11-6-4-8-13(11)21/h11-12H,4-9H2,1-3H3/t11-,12-/m1/s1. The molecule has 0 unspecified atom stereocenters. The van der Waals surface area contributed by atoms with E-state index in [9.17, 15) is 4.79 Å². The van der Waals surface area contributed by atoms with Crippen LogP contribution in [0.25, 0.3) is 0 Å². The second kappa shape index (κ2) is 5.58. The zero-order valence-electron chi connectivity index (χ0n) is 13.0. The highest BCUT2D eigenvalue weighted by Crippen LogP contribution is 2.35. The summed E-state index contributed by atoms with van der Waals surface area (Å²) in [6.07, 6.45) is 4.97. The van der Waals surface area contributed by atoms with E-state index in [-0.39, 0.29) is 12.0 Å². The Morgan fingerprint density at radius 1 is 1.14 bits per heavy atom. The lowest BCUT2D eigenvalue weighted by molar-refractivity contribution is -0.121. The van der Waals surface area contributed by atoms with Crippen LogP contribution >= 0.6 is 0 Å². The summed E-state index contributed by atoms with van der Waals surface area (Å²) < 4.78 is 0. The Balaban J connectivity index is 1.89. The molecule has 2 atom stereocenters. The number of rotatable bonds is 3. The van der Waals surface area contributed by atoms with Gasteiger partial charge in [0.15, 0.2) is 0 Å². The van der Waals surface area contributed by atoms with E-state index >= 15 is 0 Å². The maximum Gasteiger partial charge on any atom is 0.230 e. The fourth-order valence-electron chi connectivity index (χ4n) is 3.49. The number of carbonyl (C=O) groups is 1. The van der Waals surface area contributed by atoms with E-state index in [0.29, 0.717) is 11.7 Å². The van der Waals surface area contributed by atoms with Gasteiger partial charge in [0.05, 0.1) is 0 Å². The van der Waals surface area contributed by atoms with Crippen molar-refractivity contribution in [2.45, 2.75) is 45.1 Å². The number of anilines is 2. The van der Waals surface area contributed by atoms with Gasteiger partial charge in [0.1, 0.15) is 11.6 Å². The molecule has 0 spiro atoms. The van der Waals surface area contributed by atoms with E-state index in [0.717, 1.165) is 50.4 Å². The van der Waals surface area contributed by atoms with E-state index in [1.54, 1.807) is 0 Å². The molecule has 2 heterocycles. The first-order chi connectivity index (χ1) is 10.1. The van der Waals surface area contributed by atoms with Gasteiger partial charge in [-0.25, -0.2) is 0 Å². The summed E-state index contributed by atoms with van der Waals surface area (Å²) in [7, 11) is 3.86. The van der Waals surface area contributed by atoms with E-state index in [4.69, 9.17) is 0 Å². The van der Waals surface area contributed by atoms with E-state index < -0.39 is 0 Å². The van der Waals surface area contributed by atoms with E-state index in [1.165, 1.54) is 0 Å². The molecule has 6 heteroatoms. The number of carbonyl (C=O) groups excluding carboxylic acids is 1. The smallest absolute Gasteiger partial charge is 0.230 e. The van der Waals surface area contributed by atoms with Crippen LogP contribution in [-0.2, 0) is 4.79 Å². The van der Waals surface area contributed by atoms with Gasteiger partial charge >= 0.3 is 0 Å². The summed E-state index contributed by atoms with van der Waals surface area (Å²) in [6, 6.07) is 0.275. The summed E-state index contributed by atoms with van der Waals surface area (Å²) in [5, 5.41) is 0. The van der Waals surface area contributed by atoms with Crippen LogP contribution in [0.15, 0.2) is 0 Å². The van der Waals surface area contributed by atoms with E-state index in [1.807, 2.05) is 25.9 Å². The zero-order chi connectivity index (χ0) is 15.0. The first-order valence-electron chi connectivity index (χ1n) is 7.75. The number of hydrogen-bond acceptors (Lipinski definition) is 6. The van der Waals surface area contributed by atoms with Crippen molar-refractivity contribution < 1.29 is 4.79 Å². The van der Waals surface area contributed by atoms with Gasteiger partial charge in [0.25, 0.3) is 0 Å². The molecule has 2 aliphatic rings. The summed E-state index contributed by atoms with van der Waals surface area (Å²) >= 11 is 0. The lowest BCUT2D eigenvalue weighted by atomic mass is 9.95. The Bertz CT molecular complexity index is 545. The molecule has 1 aliphatic carbocycles. The fourth-order valence-corrected chi connectivity index (χ4v) is 3.49. The van der Waals surface area contributed by atoms with Gasteiger partial charge < -0.3 is 9.80 Å². The Hall–Kier alpha value is -1.72. The third-order valence-corrected chi connectivity index (χ3v) is 4.50. The highest BCUT2D eigenvalue weighted by atomic mass is 16.1. The molecule has 0 aromatic carbocycles. The molecule has 0 bridgehead atoms. The van der Waals surface area contributed by atoms with Crippen molar-refractivity contribution in [2.75, 3.05) is 30.4 Å². The van der Waals surface area contributed by atoms with Crippen molar-refractivity contribution in [1.82, 2.24) is 15.0 Å². The normalized spacial score (nSPS) is 25.7. The second-order valence-electron chi connectivity index (χ2n) is 6.25. The largest absolute Gasteiger partial charge is 0.347 e. The van der Waals surface area contributed by atoms with Gasteiger partial charge in [-0.15, -0.1) is 0 Å². The summed E-state index contributed by atoms with van der Waals surface area (Å²) in [5.41, 5.74) is 0. The van der Waals surface area contributed by atoms with Gasteiger partial charge in [-0.05, 0) is 32.6 Å². The molecule has 1 aromatic heterocycles. The highest BCUT2D eigenvalue weighted by molar-refractivity contribution is 5.84. The monoisotopic (exact) mass is 289 g/mol. The van der Waals surface area contributed by atoms with Crippen LogP contribution in [0.5, 0.6) is 0 Å². The molecular weight excluding hydrogens is 266 g/mol. The third-order valence-electron chi connectivity index (χ3n) is 4.50.